The van der Waals surface area contributed by atoms with E-state index in [-0.39, 0.29) is 18.0 Å². The number of hydrogen-bond acceptors (Lipinski definition) is 2. The SMILES string of the molecule is CCCCCCCCCC(CCCCCC)OC(=O)C(CCCCCCCC)CCCCCCCC. The third-order valence-electron chi connectivity index (χ3n) is 7.94. The monoisotopic (exact) mass is 509 g/mol. The highest BCUT2D eigenvalue weighted by Gasteiger charge is 2.23. The first-order valence-corrected chi connectivity index (χ1v) is 16.9. The smallest absolute Gasteiger partial charge is 0.309 e. The van der Waals surface area contributed by atoms with Gasteiger partial charge in [0, 0.05) is 0 Å². The molecule has 0 fully saturated rings. The van der Waals surface area contributed by atoms with Crippen LogP contribution in [0, 0.1) is 5.92 Å². The lowest BCUT2D eigenvalue weighted by Crippen LogP contribution is -2.25. The molecule has 0 saturated heterocycles. The first-order valence-electron chi connectivity index (χ1n) is 16.9. The van der Waals surface area contributed by atoms with Crippen LogP contribution in [-0.2, 0) is 9.53 Å². The maximum Gasteiger partial charge on any atom is 0.309 e. The highest BCUT2D eigenvalue weighted by Crippen LogP contribution is 2.24. The van der Waals surface area contributed by atoms with Crippen LogP contribution in [0.25, 0.3) is 0 Å². The van der Waals surface area contributed by atoms with Gasteiger partial charge in [-0.3, -0.25) is 4.79 Å². The van der Waals surface area contributed by atoms with Crippen molar-refractivity contribution < 1.29 is 9.53 Å². The van der Waals surface area contributed by atoms with Crippen molar-refractivity contribution in [2.75, 3.05) is 0 Å². The zero-order valence-corrected chi connectivity index (χ0v) is 25.6. The lowest BCUT2D eigenvalue weighted by Gasteiger charge is -2.22. The van der Waals surface area contributed by atoms with Crippen molar-refractivity contribution in [3.8, 4) is 0 Å². The van der Waals surface area contributed by atoms with Gasteiger partial charge in [0.25, 0.3) is 0 Å². The molecular weight excluding hydrogens is 440 g/mol. The van der Waals surface area contributed by atoms with E-state index in [2.05, 4.69) is 27.7 Å². The highest BCUT2D eigenvalue weighted by molar-refractivity contribution is 5.72. The number of hydrogen-bond donors (Lipinski definition) is 0. The molecule has 2 nitrogen and oxygen atoms in total. The van der Waals surface area contributed by atoms with Crippen molar-refractivity contribution >= 4 is 5.97 Å². The third-order valence-corrected chi connectivity index (χ3v) is 7.94. The Kier molecular flexibility index (Phi) is 28.6. The standard InChI is InChI=1S/C34H68O2/c1-5-9-13-17-20-23-27-31-33(30-26-16-12-8-4)36-34(35)32(28-24-21-18-14-10-6-2)29-25-22-19-15-11-7-3/h32-33H,5-31H2,1-4H3. The van der Waals surface area contributed by atoms with E-state index in [1.165, 1.54) is 148 Å². The molecule has 0 aliphatic rings. The zero-order valence-electron chi connectivity index (χ0n) is 25.6. The van der Waals surface area contributed by atoms with Gasteiger partial charge in [0.05, 0.1) is 5.92 Å². The van der Waals surface area contributed by atoms with Crippen molar-refractivity contribution in [1.82, 2.24) is 0 Å². The summed E-state index contributed by atoms with van der Waals surface area (Å²) >= 11 is 0. The van der Waals surface area contributed by atoms with Gasteiger partial charge in [-0.1, -0.05) is 163 Å². The van der Waals surface area contributed by atoms with Gasteiger partial charge in [-0.05, 0) is 38.5 Å². The van der Waals surface area contributed by atoms with Crippen molar-refractivity contribution in [2.45, 2.75) is 207 Å². The topological polar surface area (TPSA) is 26.3 Å². The van der Waals surface area contributed by atoms with Gasteiger partial charge in [0.1, 0.15) is 6.10 Å². The van der Waals surface area contributed by atoms with Gasteiger partial charge in [0.2, 0.25) is 0 Å². The molecule has 0 bridgehead atoms. The lowest BCUT2D eigenvalue weighted by molar-refractivity contribution is -0.155. The summed E-state index contributed by atoms with van der Waals surface area (Å²) in [5.41, 5.74) is 0. The van der Waals surface area contributed by atoms with E-state index < -0.39 is 0 Å². The number of esters is 1. The van der Waals surface area contributed by atoms with Crippen molar-refractivity contribution in [1.29, 1.82) is 0 Å². The Morgan fingerprint density at radius 3 is 1.06 bits per heavy atom. The van der Waals surface area contributed by atoms with Crippen LogP contribution in [0.1, 0.15) is 201 Å². The molecule has 0 rings (SSSR count). The van der Waals surface area contributed by atoms with E-state index in [1.54, 1.807) is 0 Å². The summed E-state index contributed by atoms with van der Waals surface area (Å²) in [6, 6.07) is 0. The Morgan fingerprint density at radius 1 is 0.417 bits per heavy atom. The molecule has 2 heteroatoms. The molecule has 1 unspecified atom stereocenters. The van der Waals surface area contributed by atoms with Crippen molar-refractivity contribution in [2.24, 2.45) is 5.92 Å². The minimum Gasteiger partial charge on any atom is -0.462 e. The molecule has 0 amide bonds. The van der Waals surface area contributed by atoms with Gasteiger partial charge in [-0.15, -0.1) is 0 Å². The number of unbranched alkanes of at least 4 members (excludes halogenated alkanes) is 19. The van der Waals surface area contributed by atoms with Crippen LogP contribution in [0.4, 0.5) is 0 Å². The van der Waals surface area contributed by atoms with Gasteiger partial charge in [-0.25, -0.2) is 0 Å². The van der Waals surface area contributed by atoms with Crippen molar-refractivity contribution in [3.63, 3.8) is 0 Å². The summed E-state index contributed by atoms with van der Waals surface area (Å²) in [5.74, 6) is 0.273. The molecule has 36 heavy (non-hydrogen) atoms. The minimum absolute atomic E-state index is 0.134. The number of rotatable bonds is 29. The van der Waals surface area contributed by atoms with Gasteiger partial charge in [-0.2, -0.15) is 0 Å². The van der Waals surface area contributed by atoms with E-state index in [0.29, 0.717) is 0 Å². The van der Waals surface area contributed by atoms with E-state index >= 15 is 0 Å². The molecule has 0 saturated carbocycles. The number of carbonyl (C=O) groups is 1. The summed E-state index contributed by atoms with van der Waals surface area (Å²) < 4.78 is 6.29. The fraction of sp³-hybridized carbons (Fsp3) is 0.971. The first-order chi connectivity index (χ1) is 17.7. The Morgan fingerprint density at radius 2 is 0.694 bits per heavy atom. The van der Waals surface area contributed by atoms with Crippen LogP contribution < -0.4 is 0 Å². The molecule has 0 aromatic rings. The first kappa shape index (κ1) is 35.5. The molecule has 0 aromatic heterocycles. The second-order valence-electron chi connectivity index (χ2n) is 11.6. The van der Waals surface area contributed by atoms with Crippen LogP contribution in [0.5, 0.6) is 0 Å². The van der Waals surface area contributed by atoms with Gasteiger partial charge < -0.3 is 4.74 Å². The summed E-state index contributed by atoms with van der Waals surface area (Å²) in [4.78, 5) is 13.4. The molecule has 1 atom stereocenters. The van der Waals surface area contributed by atoms with Gasteiger partial charge in [0.15, 0.2) is 0 Å². The van der Waals surface area contributed by atoms with Crippen LogP contribution in [0.15, 0.2) is 0 Å². The summed E-state index contributed by atoms with van der Waals surface area (Å²) in [5, 5.41) is 0. The predicted molar refractivity (Wildman–Crippen MR) is 161 cm³/mol. The number of ether oxygens (including phenoxy) is 1. The van der Waals surface area contributed by atoms with E-state index in [0.717, 1.165) is 25.7 Å². The molecule has 0 spiro atoms. The summed E-state index contributed by atoms with van der Waals surface area (Å²) in [6.45, 7) is 9.10. The Balaban J connectivity index is 4.67. The van der Waals surface area contributed by atoms with E-state index in [4.69, 9.17) is 4.74 Å². The molecule has 0 radical (unpaired) electrons. The normalized spacial score (nSPS) is 12.4. The minimum atomic E-state index is 0.134. The van der Waals surface area contributed by atoms with E-state index in [1.807, 2.05) is 0 Å². The third kappa shape index (κ3) is 23.8. The second kappa shape index (κ2) is 29.0. The number of carbonyl (C=O) groups excluding carboxylic acids is 1. The molecule has 0 heterocycles. The average Bonchev–Trinajstić information content (AvgIpc) is 2.88. The summed E-state index contributed by atoms with van der Waals surface area (Å²) in [7, 11) is 0. The molecule has 0 aliphatic carbocycles. The average molecular weight is 509 g/mol. The Labute approximate surface area is 228 Å². The maximum atomic E-state index is 13.4. The molecule has 0 aromatic carbocycles. The Bertz CT molecular complexity index is 417. The van der Waals surface area contributed by atoms with Crippen LogP contribution >= 0.6 is 0 Å². The molecular formula is C34H68O2. The van der Waals surface area contributed by atoms with Crippen LogP contribution in [-0.4, -0.2) is 12.1 Å². The van der Waals surface area contributed by atoms with Crippen molar-refractivity contribution in [3.05, 3.63) is 0 Å². The molecule has 216 valence electrons. The Hall–Kier alpha value is -0.530. The molecule has 0 N–H and O–H groups in total. The second-order valence-corrected chi connectivity index (χ2v) is 11.6. The molecule has 0 aliphatic heterocycles. The van der Waals surface area contributed by atoms with Crippen LogP contribution in [0.2, 0.25) is 0 Å². The summed E-state index contributed by atoms with van der Waals surface area (Å²) in [6.07, 6.45) is 34.3. The largest absolute Gasteiger partial charge is 0.462 e. The van der Waals surface area contributed by atoms with E-state index in [9.17, 15) is 4.79 Å². The fourth-order valence-corrected chi connectivity index (χ4v) is 5.37. The zero-order chi connectivity index (χ0) is 26.5. The highest BCUT2D eigenvalue weighted by atomic mass is 16.5. The van der Waals surface area contributed by atoms with Crippen LogP contribution in [0.3, 0.4) is 0 Å². The quantitative estimate of drug-likeness (QED) is 0.0741. The lowest BCUT2D eigenvalue weighted by atomic mass is 9.94. The maximum absolute atomic E-state index is 13.4. The van der Waals surface area contributed by atoms with Gasteiger partial charge >= 0.3 is 5.97 Å². The predicted octanol–water partition coefficient (Wildman–Crippen LogP) is 12.1. The fourth-order valence-electron chi connectivity index (χ4n) is 5.37.